The van der Waals surface area contributed by atoms with Crippen molar-refractivity contribution in [3.05, 3.63) is 0 Å². The van der Waals surface area contributed by atoms with Gasteiger partial charge < -0.3 is 35.7 Å². The fourth-order valence-electron chi connectivity index (χ4n) is 1.52. The molecule has 0 saturated carbocycles. The molecule has 14 heteroatoms. The summed E-state index contributed by atoms with van der Waals surface area (Å²) in [6, 6.07) is 0. The zero-order valence-electron chi connectivity index (χ0n) is 23.8. The van der Waals surface area contributed by atoms with Crippen LogP contribution in [0.5, 0.6) is 0 Å². The van der Waals surface area contributed by atoms with E-state index in [4.69, 9.17) is 35.7 Å². The lowest BCUT2D eigenvalue weighted by atomic mass is 10.1. The molecule has 0 unspecified atom stereocenters. The lowest BCUT2D eigenvalue weighted by Gasteiger charge is -2.00. The van der Waals surface area contributed by atoms with E-state index in [1.807, 2.05) is 34.6 Å². The van der Waals surface area contributed by atoms with Crippen LogP contribution in [0.3, 0.4) is 0 Å². The van der Waals surface area contributed by atoms with Gasteiger partial charge in [0.15, 0.2) is 5.92 Å². The normalized spacial score (nSPS) is 8.49. The van der Waals surface area contributed by atoms with E-state index in [9.17, 15) is 33.6 Å². The Hall–Kier alpha value is -3.71. The van der Waals surface area contributed by atoms with Gasteiger partial charge in [0.25, 0.3) is 0 Å². The van der Waals surface area contributed by atoms with E-state index in [1.165, 1.54) is 6.92 Å². The van der Waals surface area contributed by atoms with Crippen LogP contribution in [0.2, 0.25) is 0 Å². The minimum atomic E-state index is -1.27. The average Bonchev–Trinajstić information content (AvgIpc) is 2.75. The van der Waals surface area contributed by atoms with Crippen LogP contribution >= 0.6 is 0 Å². The van der Waals surface area contributed by atoms with Gasteiger partial charge >= 0.3 is 41.8 Å². The maximum absolute atomic E-state index is 9.99. The number of aliphatic carboxylic acids is 7. The summed E-state index contributed by atoms with van der Waals surface area (Å²) in [7, 11) is 0. The zero-order valence-corrected chi connectivity index (χ0v) is 23.8. The Morgan fingerprint density at radius 2 is 0.538 bits per heavy atom. The van der Waals surface area contributed by atoms with Crippen molar-refractivity contribution in [3.8, 4) is 0 Å². The summed E-state index contributed by atoms with van der Waals surface area (Å²) in [4.78, 5) is 68.0. The molecule has 0 amide bonds. The van der Waals surface area contributed by atoms with Gasteiger partial charge in [-0.3, -0.25) is 33.6 Å². The third kappa shape index (κ3) is 78.9. The van der Waals surface area contributed by atoms with Gasteiger partial charge in [0.1, 0.15) is 0 Å². The van der Waals surface area contributed by atoms with Crippen molar-refractivity contribution in [1.29, 1.82) is 0 Å². The molecule has 0 heterocycles. The van der Waals surface area contributed by atoms with E-state index in [0.717, 1.165) is 32.1 Å². The first-order valence-electron chi connectivity index (χ1n) is 12.5. The minimum absolute atomic E-state index is 0.130. The number of rotatable bonds is 13. The molecular weight excluding hydrogens is 524 g/mol. The molecule has 0 bridgehead atoms. The second-order valence-electron chi connectivity index (χ2n) is 7.36. The van der Waals surface area contributed by atoms with Crippen molar-refractivity contribution in [2.24, 2.45) is 5.92 Å². The lowest BCUT2D eigenvalue weighted by Crippen LogP contribution is -2.21. The summed E-state index contributed by atoms with van der Waals surface area (Å²) in [6.45, 7) is 10.7. The lowest BCUT2D eigenvalue weighted by molar-refractivity contribution is -0.155. The third-order valence-electron chi connectivity index (χ3n) is 3.32. The number of hydrogen-bond donors (Lipinski definition) is 7. The van der Waals surface area contributed by atoms with Crippen molar-refractivity contribution in [2.45, 2.75) is 112 Å². The summed E-state index contributed by atoms with van der Waals surface area (Å²) >= 11 is 0. The topological polar surface area (TPSA) is 261 Å². The first-order chi connectivity index (χ1) is 17.9. The summed E-state index contributed by atoms with van der Waals surface area (Å²) < 4.78 is 0. The molecule has 0 aromatic carbocycles. The molecule has 0 aliphatic rings. The third-order valence-corrected chi connectivity index (χ3v) is 3.32. The molecule has 39 heavy (non-hydrogen) atoms. The molecule has 0 aliphatic heterocycles. The Morgan fingerprint density at radius 3 is 0.538 bits per heavy atom. The maximum atomic E-state index is 9.99. The highest BCUT2D eigenvalue weighted by Gasteiger charge is 2.22. The first-order valence-corrected chi connectivity index (χ1v) is 12.5. The average molecular weight is 573 g/mol. The molecule has 0 aromatic rings. The molecule has 14 nitrogen and oxygen atoms in total. The Morgan fingerprint density at radius 1 is 0.385 bits per heavy atom. The second-order valence-corrected chi connectivity index (χ2v) is 7.36. The minimum Gasteiger partial charge on any atom is -0.481 e. The Kier molecular flexibility index (Phi) is 48.1. The Labute approximate surface area is 229 Å². The van der Waals surface area contributed by atoms with Gasteiger partial charge in [-0.1, -0.05) is 41.5 Å². The molecule has 0 rings (SSSR count). The predicted molar refractivity (Wildman–Crippen MR) is 142 cm³/mol. The van der Waals surface area contributed by atoms with Crippen molar-refractivity contribution in [3.63, 3.8) is 0 Å². The largest absolute Gasteiger partial charge is 0.481 e. The van der Waals surface area contributed by atoms with Crippen molar-refractivity contribution < 1.29 is 69.3 Å². The van der Waals surface area contributed by atoms with Crippen molar-refractivity contribution in [1.82, 2.24) is 0 Å². The van der Waals surface area contributed by atoms with Crippen LogP contribution in [-0.4, -0.2) is 77.5 Å². The predicted octanol–water partition coefficient (Wildman–Crippen LogP) is 4.54. The second kappa shape index (κ2) is 38.8. The highest BCUT2D eigenvalue weighted by molar-refractivity contribution is 5.92. The van der Waals surface area contributed by atoms with E-state index in [-0.39, 0.29) is 6.42 Å². The fraction of sp³-hybridized carbons (Fsp3) is 0.720. The molecule has 0 radical (unpaired) electrons. The molecule has 0 atom stereocenters. The first kappa shape index (κ1) is 48.4. The van der Waals surface area contributed by atoms with Gasteiger partial charge in [-0.05, 0) is 38.5 Å². The van der Waals surface area contributed by atoms with E-state index >= 15 is 0 Å². The van der Waals surface area contributed by atoms with Gasteiger partial charge in [-0.25, -0.2) is 0 Å². The van der Waals surface area contributed by atoms with E-state index in [2.05, 4.69) is 0 Å². The highest BCUT2D eigenvalue weighted by Crippen LogP contribution is 2.01. The summed E-state index contributed by atoms with van der Waals surface area (Å²) in [5.41, 5.74) is 0. The molecular formula is C25H48O14. The monoisotopic (exact) mass is 572 g/mol. The van der Waals surface area contributed by atoms with Crippen LogP contribution < -0.4 is 0 Å². The van der Waals surface area contributed by atoms with Gasteiger partial charge in [-0.15, -0.1) is 0 Å². The van der Waals surface area contributed by atoms with Crippen molar-refractivity contribution >= 4 is 41.8 Å². The van der Waals surface area contributed by atoms with Crippen LogP contribution in [0.4, 0.5) is 0 Å². The number of hydrogen-bond acceptors (Lipinski definition) is 7. The smallest absolute Gasteiger partial charge is 0.317 e. The molecule has 0 spiro atoms. The summed E-state index contributed by atoms with van der Waals surface area (Å²) in [5.74, 6) is -7.34. The van der Waals surface area contributed by atoms with E-state index in [1.54, 1.807) is 0 Å². The van der Waals surface area contributed by atoms with Gasteiger partial charge in [0.2, 0.25) is 0 Å². The standard InChI is InChI=1S/C5H8O4.5C4H8O2/c1-2-3(4(6)7)5(8)9;5*1-2-3-4(5)6/h3H,2H2,1H3,(H,6,7)(H,8,9);5*2-3H2,1H3,(H,5,6). The summed E-state index contributed by atoms with van der Waals surface area (Å²) in [5, 5.41) is 55.9. The van der Waals surface area contributed by atoms with Crippen LogP contribution in [0, 0.1) is 5.92 Å². The van der Waals surface area contributed by atoms with Crippen LogP contribution in [0.15, 0.2) is 0 Å². The van der Waals surface area contributed by atoms with Crippen molar-refractivity contribution in [2.75, 3.05) is 0 Å². The molecule has 0 aliphatic carbocycles. The summed E-state index contributed by atoms with van der Waals surface area (Å²) in [6.07, 6.45) is 5.25. The zero-order chi connectivity index (χ0) is 32.4. The van der Waals surface area contributed by atoms with Crippen LogP contribution in [-0.2, 0) is 33.6 Å². The van der Waals surface area contributed by atoms with Gasteiger partial charge in [0.05, 0.1) is 0 Å². The number of carbonyl (C=O) groups is 7. The number of carboxylic acid groups (broad SMARTS) is 7. The van der Waals surface area contributed by atoms with E-state index in [0.29, 0.717) is 32.1 Å². The molecule has 232 valence electrons. The van der Waals surface area contributed by atoms with Crippen LogP contribution in [0.25, 0.3) is 0 Å². The quantitative estimate of drug-likeness (QED) is 0.149. The van der Waals surface area contributed by atoms with Gasteiger partial charge in [-0.2, -0.15) is 0 Å². The Balaban J connectivity index is -0.0000000845. The maximum Gasteiger partial charge on any atom is 0.317 e. The number of carboxylic acids is 7. The Bertz CT molecular complexity index is 552. The SMILES string of the molecule is CCC(C(=O)O)C(=O)O.CCCC(=O)O.CCCC(=O)O.CCCC(=O)O.CCCC(=O)O.CCCC(=O)O. The fourth-order valence-corrected chi connectivity index (χ4v) is 1.52. The van der Waals surface area contributed by atoms with Gasteiger partial charge in [0, 0.05) is 32.1 Å². The molecule has 0 aromatic heterocycles. The highest BCUT2D eigenvalue weighted by atomic mass is 16.4. The van der Waals surface area contributed by atoms with Crippen LogP contribution in [0.1, 0.15) is 112 Å². The molecule has 7 N–H and O–H groups in total. The van der Waals surface area contributed by atoms with E-state index < -0.39 is 47.7 Å². The molecule has 0 saturated heterocycles. The molecule has 0 fully saturated rings.